The normalized spacial score (nSPS) is 10.8. The van der Waals surface area contributed by atoms with Gasteiger partial charge in [-0.05, 0) is 36.4 Å². The number of hydrogen-bond donors (Lipinski definition) is 0. The summed E-state index contributed by atoms with van der Waals surface area (Å²) < 4.78 is 7.86. The number of thioether (sulfide) groups is 1. The van der Waals surface area contributed by atoms with E-state index in [2.05, 4.69) is 26.1 Å². The molecule has 4 nitrogen and oxygen atoms in total. The third-order valence-electron chi connectivity index (χ3n) is 3.20. The Balaban J connectivity index is 1.84. The fourth-order valence-corrected chi connectivity index (χ4v) is 3.44. The maximum Gasteiger partial charge on any atom is 0.195 e. The Labute approximate surface area is 158 Å². The summed E-state index contributed by atoms with van der Waals surface area (Å²) in [5, 5.41) is 11.1. The molecule has 24 heavy (non-hydrogen) atoms. The molecule has 2 aromatic carbocycles. The fraction of sp³-hybridized carbons (Fsp3) is 0.176. The van der Waals surface area contributed by atoms with Gasteiger partial charge in [0, 0.05) is 21.8 Å². The van der Waals surface area contributed by atoms with E-state index in [4.69, 9.17) is 16.3 Å². The van der Waals surface area contributed by atoms with Gasteiger partial charge in [-0.1, -0.05) is 57.5 Å². The summed E-state index contributed by atoms with van der Waals surface area (Å²) in [5.41, 5.74) is 1.02. The van der Waals surface area contributed by atoms with Gasteiger partial charge in [0.15, 0.2) is 11.0 Å². The Morgan fingerprint density at radius 1 is 1.04 bits per heavy atom. The molecule has 0 N–H and O–H groups in total. The quantitative estimate of drug-likeness (QED) is 0.396. The van der Waals surface area contributed by atoms with Crippen LogP contribution in [0.25, 0.3) is 5.69 Å². The number of alkyl halides is 1. The lowest BCUT2D eigenvalue weighted by molar-refractivity contribution is 0.293. The third-order valence-corrected chi connectivity index (χ3v) is 5.31. The average molecular weight is 425 g/mol. The maximum atomic E-state index is 5.90. The van der Waals surface area contributed by atoms with Crippen molar-refractivity contribution in [3.63, 3.8) is 0 Å². The average Bonchev–Trinajstić information content (AvgIpc) is 3.03. The standard InChI is InChI=1S/C17H15BrClN3OS/c18-10-11-24-17-21-20-16(22(17)14-4-2-1-3-5-14)12-23-15-8-6-13(19)7-9-15/h1-9H,10-12H2. The molecule has 0 saturated carbocycles. The topological polar surface area (TPSA) is 39.9 Å². The summed E-state index contributed by atoms with van der Waals surface area (Å²) in [7, 11) is 0. The molecule has 3 rings (SSSR count). The minimum Gasteiger partial charge on any atom is -0.486 e. The van der Waals surface area contributed by atoms with Crippen LogP contribution in [0.3, 0.4) is 0 Å². The van der Waals surface area contributed by atoms with Crippen LogP contribution in [-0.4, -0.2) is 25.8 Å². The SMILES string of the molecule is Clc1ccc(OCc2nnc(SCCBr)n2-c2ccccc2)cc1. The molecule has 0 atom stereocenters. The molecule has 0 aliphatic carbocycles. The number of halogens is 2. The van der Waals surface area contributed by atoms with Crippen molar-refractivity contribution in [1.29, 1.82) is 0 Å². The Morgan fingerprint density at radius 3 is 2.50 bits per heavy atom. The molecule has 0 radical (unpaired) electrons. The van der Waals surface area contributed by atoms with Gasteiger partial charge in [-0.3, -0.25) is 4.57 Å². The lowest BCUT2D eigenvalue weighted by Gasteiger charge is -2.11. The predicted octanol–water partition coefficient (Wildman–Crippen LogP) is 4.99. The number of ether oxygens (including phenoxy) is 1. The van der Waals surface area contributed by atoms with Gasteiger partial charge in [-0.2, -0.15) is 0 Å². The summed E-state index contributed by atoms with van der Waals surface area (Å²) in [5.74, 6) is 2.42. The van der Waals surface area contributed by atoms with Gasteiger partial charge in [0.05, 0.1) is 0 Å². The van der Waals surface area contributed by atoms with E-state index in [1.807, 2.05) is 47.0 Å². The first-order chi connectivity index (χ1) is 11.8. The number of rotatable bonds is 7. The molecule has 0 fully saturated rings. The van der Waals surface area contributed by atoms with E-state index in [9.17, 15) is 0 Å². The molecular weight excluding hydrogens is 410 g/mol. The van der Waals surface area contributed by atoms with E-state index in [0.717, 1.165) is 33.5 Å². The summed E-state index contributed by atoms with van der Waals surface area (Å²) in [6.45, 7) is 0.332. The van der Waals surface area contributed by atoms with Crippen molar-refractivity contribution in [2.24, 2.45) is 0 Å². The third kappa shape index (κ3) is 4.32. The molecule has 0 saturated heterocycles. The van der Waals surface area contributed by atoms with Crippen molar-refractivity contribution in [3.05, 3.63) is 65.4 Å². The second-order valence-electron chi connectivity index (χ2n) is 4.85. The summed E-state index contributed by atoms with van der Waals surface area (Å²) in [4.78, 5) is 0. The molecule has 1 aromatic heterocycles. The van der Waals surface area contributed by atoms with Gasteiger partial charge in [0.1, 0.15) is 12.4 Å². The van der Waals surface area contributed by atoms with Crippen LogP contribution in [0, 0.1) is 0 Å². The molecule has 3 aromatic rings. The van der Waals surface area contributed by atoms with E-state index in [1.54, 1.807) is 23.9 Å². The molecule has 0 aliphatic rings. The Kier molecular flexibility index (Phi) is 6.18. The summed E-state index contributed by atoms with van der Waals surface area (Å²) >= 11 is 11.0. The minimum atomic E-state index is 0.332. The Hall–Kier alpha value is -1.50. The highest BCUT2D eigenvalue weighted by Crippen LogP contribution is 2.23. The molecule has 0 unspecified atom stereocenters. The van der Waals surface area contributed by atoms with Crippen molar-refractivity contribution in [3.8, 4) is 11.4 Å². The van der Waals surface area contributed by atoms with Crippen LogP contribution < -0.4 is 4.74 Å². The van der Waals surface area contributed by atoms with Crippen LogP contribution in [0.5, 0.6) is 5.75 Å². The second-order valence-corrected chi connectivity index (χ2v) is 7.14. The first-order valence-corrected chi connectivity index (χ1v) is 9.83. The van der Waals surface area contributed by atoms with Gasteiger partial charge in [-0.25, -0.2) is 0 Å². The first kappa shape index (κ1) is 17.3. The highest BCUT2D eigenvalue weighted by Gasteiger charge is 2.14. The van der Waals surface area contributed by atoms with Crippen molar-refractivity contribution in [2.45, 2.75) is 11.8 Å². The largest absolute Gasteiger partial charge is 0.486 e. The number of hydrogen-bond acceptors (Lipinski definition) is 4. The second kappa shape index (κ2) is 8.55. The molecule has 0 bridgehead atoms. The smallest absolute Gasteiger partial charge is 0.195 e. The highest BCUT2D eigenvalue weighted by atomic mass is 79.9. The summed E-state index contributed by atoms with van der Waals surface area (Å²) in [6, 6.07) is 17.3. The number of para-hydroxylation sites is 1. The lowest BCUT2D eigenvalue weighted by atomic mass is 10.3. The molecule has 7 heteroatoms. The van der Waals surface area contributed by atoms with E-state index in [0.29, 0.717) is 11.6 Å². The molecule has 0 spiro atoms. The van der Waals surface area contributed by atoms with Crippen molar-refractivity contribution >= 4 is 39.3 Å². The van der Waals surface area contributed by atoms with E-state index in [1.165, 1.54) is 0 Å². The van der Waals surface area contributed by atoms with Gasteiger partial charge >= 0.3 is 0 Å². The number of benzene rings is 2. The van der Waals surface area contributed by atoms with Crippen LogP contribution >= 0.6 is 39.3 Å². The predicted molar refractivity (Wildman–Crippen MR) is 102 cm³/mol. The molecule has 0 aliphatic heterocycles. The van der Waals surface area contributed by atoms with Gasteiger partial charge in [0.2, 0.25) is 0 Å². The van der Waals surface area contributed by atoms with Crippen LogP contribution in [0.1, 0.15) is 5.82 Å². The summed E-state index contributed by atoms with van der Waals surface area (Å²) in [6.07, 6.45) is 0. The van der Waals surface area contributed by atoms with Crippen LogP contribution in [0.2, 0.25) is 5.02 Å². The zero-order valence-electron chi connectivity index (χ0n) is 12.7. The molecular formula is C17H15BrClN3OS. The van der Waals surface area contributed by atoms with Gasteiger partial charge in [0.25, 0.3) is 0 Å². The van der Waals surface area contributed by atoms with Crippen LogP contribution in [0.15, 0.2) is 59.8 Å². The van der Waals surface area contributed by atoms with Crippen molar-refractivity contribution < 1.29 is 4.74 Å². The van der Waals surface area contributed by atoms with E-state index >= 15 is 0 Å². The van der Waals surface area contributed by atoms with Crippen LogP contribution in [0.4, 0.5) is 0 Å². The zero-order valence-corrected chi connectivity index (χ0v) is 15.9. The van der Waals surface area contributed by atoms with E-state index in [-0.39, 0.29) is 0 Å². The molecule has 1 heterocycles. The number of nitrogens with zero attached hydrogens (tertiary/aromatic N) is 3. The first-order valence-electron chi connectivity index (χ1n) is 7.35. The van der Waals surface area contributed by atoms with Crippen molar-refractivity contribution in [2.75, 3.05) is 11.1 Å². The lowest BCUT2D eigenvalue weighted by Crippen LogP contribution is -2.06. The van der Waals surface area contributed by atoms with Gasteiger partial charge in [-0.15, -0.1) is 10.2 Å². The molecule has 124 valence electrons. The van der Waals surface area contributed by atoms with Gasteiger partial charge < -0.3 is 4.74 Å². The monoisotopic (exact) mass is 423 g/mol. The Bertz CT molecular complexity index is 780. The van der Waals surface area contributed by atoms with Crippen LogP contribution in [-0.2, 0) is 6.61 Å². The minimum absolute atomic E-state index is 0.332. The fourth-order valence-electron chi connectivity index (χ4n) is 2.13. The number of aromatic nitrogens is 3. The highest BCUT2D eigenvalue weighted by molar-refractivity contribution is 9.09. The van der Waals surface area contributed by atoms with E-state index < -0.39 is 0 Å². The van der Waals surface area contributed by atoms with Crippen molar-refractivity contribution in [1.82, 2.24) is 14.8 Å². The Morgan fingerprint density at radius 2 is 1.79 bits per heavy atom. The maximum absolute atomic E-state index is 5.90. The molecule has 0 amide bonds. The zero-order chi connectivity index (χ0) is 16.8.